The molecule has 0 aliphatic carbocycles. The van der Waals surface area contributed by atoms with Gasteiger partial charge in [0.2, 0.25) is 5.82 Å². The van der Waals surface area contributed by atoms with Crippen LogP contribution in [0, 0.1) is 0 Å². The van der Waals surface area contributed by atoms with Crippen LogP contribution in [0.3, 0.4) is 0 Å². The third-order valence-electron chi connectivity index (χ3n) is 3.09. The summed E-state index contributed by atoms with van der Waals surface area (Å²) in [6.07, 6.45) is 0. The molecule has 0 saturated heterocycles. The van der Waals surface area contributed by atoms with Gasteiger partial charge in [-0.25, -0.2) is 18.4 Å². The van der Waals surface area contributed by atoms with Crippen LogP contribution < -0.4 is 15.2 Å². The van der Waals surface area contributed by atoms with Gasteiger partial charge in [0.1, 0.15) is 9.92 Å². The monoisotopic (exact) mass is 472 g/mol. The van der Waals surface area contributed by atoms with Crippen molar-refractivity contribution in [2.45, 2.75) is 16.0 Å². The van der Waals surface area contributed by atoms with Crippen LogP contribution in [0.15, 0.2) is 28.1 Å². The van der Waals surface area contributed by atoms with Gasteiger partial charge < -0.3 is 15.6 Å². The molecule has 1 heterocycles. The van der Waals surface area contributed by atoms with Gasteiger partial charge in [-0.1, -0.05) is 40.9 Å². The second-order valence-corrected chi connectivity index (χ2v) is 8.89. The van der Waals surface area contributed by atoms with Crippen molar-refractivity contribution in [2.24, 2.45) is 5.73 Å². The summed E-state index contributed by atoms with van der Waals surface area (Å²) < 4.78 is 32.6. The van der Waals surface area contributed by atoms with E-state index in [1.165, 1.54) is 25.3 Å². The minimum absolute atomic E-state index is 0.0548. The minimum atomic E-state index is -4.13. The van der Waals surface area contributed by atoms with E-state index in [0.717, 1.165) is 11.8 Å². The van der Waals surface area contributed by atoms with Crippen molar-refractivity contribution in [3.63, 3.8) is 0 Å². The van der Waals surface area contributed by atoms with Gasteiger partial charge in [0.15, 0.2) is 5.15 Å². The predicted molar refractivity (Wildman–Crippen MR) is 107 cm³/mol. The molecule has 0 unspecified atom stereocenters. The number of nitrogens with zero attached hydrogens (tertiary/aromatic N) is 2. The molecule has 2 rings (SSSR count). The molecule has 8 nitrogen and oxygen atoms in total. The quantitative estimate of drug-likeness (QED) is 0.499. The number of hydrogen-bond acceptors (Lipinski definition) is 8. The number of benzene rings is 1. The predicted octanol–water partition coefficient (Wildman–Crippen LogP) is 2.66. The molecule has 2 aromatic rings. The van der Waals surface area contributed by atoms with Gasteiger partial charge in [0.25, 0.3) is 15.9 Å². The van der Waals surface area contributed by atoms with Crippen LogP contribution in [0.25, 0.3) is 0 Å². The first-order valence-corrected chi connectivity index (χ1v) is 10.9. The Labute approximate surface area is 175 Å². The Bertz CT molecular complexity index is 931. The lowest BCUT2D eigenvalue weighted by atomic mass is 10.4. The number of thioether (sulfide) groups is 1. The summed E-state index contributed by atoms with van der Waals surface area (Å²) in [6.45, 7) is -0.201. The fourth-order valence-electron chi connectivity index (χ4n) is 1.80. The summed E-state index contributed by atoms with van der Waals surface area (Å²) in [5.41, 5.74) is 5.64. The largest absolute Gasteiger partial charge is 0.478 e. The van der Waals surface area contributed by atoms with Crippen molar-refractivity contribution < 1.29 is 18.3 Å². The van der Waals surface area contributed by atoms with Gasteiger partial charge in [0, 0.05) is 11.8 Å². The smallest absolute Gasteiger partial charge is 0.264 e. The van der Waals surface area contributed by atoms with E-state index in [0.29, 0.717) is 5.75 Å². The van der Waals surface area contributed by atoms with Gasteiger partial charge in [-0.05, 0) is 12.1 Å². The summed E-state index contributed by atoms with van der Waals surface area (Å²) in [7, 11) is -2.82. The van der Waals surface area contributed by atoms with E-state index >= 15 is 0 Å². The maximum absolute atomic E-state index is 12.6. The van der Waals surface area contributed by atoms with Gasteiger partial charge in [-0.15, -0.1) is 11.8 Å². The molecule has 0 saturated carbocycles. The number of anilines is 1. The molecule has 0 bridgehead atoms. The molecule has 1 atom stereocenters. The number of ether oxygens (including phenoxy) is 1. The SMILES string of the molecule is COc1nc(SC[C@@H](N)CO)c(Cl)nc1NS(=O)(=O)c1cccc(Cl)c1Cl. The van der Waals surface area contributed by atoms with Crippen molar-refractivity contribution in [2.75, 3.05) is 24.2 Å². The molecule has 0 fully saturated rings. The zero-order valence-corrected chi connectivity index (χ0v) is 17.7. The number of halogens is 3. The Morgan fingerprint density at radius 2 is 2.04 bits per heavy atom. The maximum Gasteiger partial charge on any atom is 0.264 e. The van der Waals surface area contributed by atoms with E-state index in [-0.39, 0.29) is 43.4 Å². The van der Waals surface area contributed by atoms with Crippen LogP contribution in [0.2, 0.25) is 15.2 Å². The lowest BCUT2D eigenvalue weighted by Gasteiger charge is -2.14. The summed E-state index contributed by atoms with van der Waals surface area (Å²) >= 11 is 19.1. The molecular weight excluding hydrogens is 459 g/mol. The molecule has 0 amide bonds. The molecule has 1 aromatic carbocycles. The van der Waals surface area contributed by atoms with E-state index in [2.05, 4.69) is 14.7 Å². The summed E-state index contributed by atoms with van der Waals surface area (Å²) in [6, 6.07) is 3.73. The van der Waals surface area contributed by atoms with Crippen molar-refractivity contribution in [3.05, 3.63) is 33.4 Å². The van der Waals surface area contributed by atoms with Gasteiger partial charge in [-0.2, -0.15) is 0 Å². The van der Waals surface area contributed by atoms with E-state index < -0.39 is 16.1 Å². The van der Waals surface area contributed by atoms with Gasteiger partial charge >= 0.3 is 0 Å². The number of hydrogen-bond donors (Lipinski definition) is 3. The first kappa shape index (κ1) is 22.3. The maximum atomic E-state index is 12.6. The molecule has 0 radical (unpaired) electrons. The Morgan fingerprint density at radius 3 is 2.67 bits per heavy atom. The zero-order chi connectivity index (χ0) is 20.2. The van der Waals surface area contributed by atoms with Gasteiger partial charge in [0.05, 0.1) is 23.8 Å². The molecule has 0 aliphatic rings. The molecule has 13 heteroatoms. The summed E-state index contributed by atoms with van der Waals surface area (Å²) in [4.78, 5) is 7.90. The number of aliphatic hydroxyl groups is 1. The first-order chi connectivity index (χ1) is 12.7. The normalized spacial score (nSPS) is 12.7. The number of nitrogens with two attached hydrogens (primary N) is 1. The van der Waals surface area contributed by atoms with Crippen LogP contribution >= 0.6 is 46.6 Å². The number of rotatable bonds is 8. The summed E-state index contributed by atoms with van der Waals surface area (Å²) in [5, 5.41) is 9.16. The Morgan fingerprint density at radius 1 is 1.33 bits per heavy atom. The van der Waals surface area contributed by atoms with E-state index in [4.69, 9.17) is 50.4 Å². The van der Waals surface area contributed by atoms with E-state index in [1.54, 1.807) is 0 Å². The molecule has 27 heavy (non-hydrogen) atoms. The van der Waals surface area contributed by atoms with Crippen LogP contribution in [0.1, 0.15) is 0 Å². The number of nitrogens with one attached hydrogen (secondary N) is 1. The van der Waals surface area contributed by atoms with Gasteiger partial charge in [-0.3, -0.25) is 4.72 Å². The highest BCUT2D eigenvalue weighted by molar-refractivity contribution is 7.99. The number of sulfonamides is 1. The molecule has 148 valence electrons. The molecule has 0 aliphatic heterocycles. The average molecular weight is 474 g/mol. The van der Waals surface area contributed by atoms with E-state index in [9.17, 15) is 8.42 Å². The Hall–Kier alpha value is -1.01. The third kappa shape index (κ3) is 5.50. The standard InChI is InChI=1S/C14H15Cl3N4O4S2/c1-25-13-12(19-11(17)14(20-13)26-6-7(18)5-22)21-27(23,24)9-4-2-3-8(15)10(9)16/h2-4,7,22H,5-6,18H2,1H3,(H,19,21)/t7-/m0/s1. The molecule has 1 aromatic heterocycles. The Balaban J connectivity index is 2.35. The van der Waals surface area contributed by atoms with Crippen molar-refractivity contribution >= 4 is 62.4 Å². The number of methoxy groups -OCH3 is 1. The highest BCUT2D eigenvalue weighted by Crippen LogP contribution is 2.34. The second kappa shape index (κ2) is 9.46. The number of aliphatic hydroxyl groups excluding tert-OH is 1. The third-order valence-corrected chi connectivity index (χ3v) is 6.93. The zero-order valence-electron chi connectivity index (χ0n) is 13.8. The molecule has 4 N–H and O–H groups in total. The minimum Gasteiger partial charge on any atom is -0.478 e. The van der Waals surface area contributed by atoms with Crippen molar-refractivity contribution in [1.29, 1.82) is 0 Å². The number of aromatic nitrogens is 2. The molecular formula is C14H15Cl3N4O4S2. The van der Waals surface area contributed by atoms with Crippen LogP contribution in [-0.4, -0.2) is 49.0 Å². The fourth-order valence-corrected chi connectivity index (χ4v) is 4.64. The molecule has 0 spiro atoms. The van der Waals surface area contributed by atoms with Crippen LogP contribution in [-0.2, 0) is 10.0 Å². The van der Waals surface area contributed by atoms with E-state index in [1.807, 2.05) is 0 Å². The average Bonchev–Trinajstić information content (AvgIpc) is 2.62. The topological polar surface area (TPSA) is 127 Å². The highest BCUT2D eigenvalue weighted by atomic mass is 35.5. The van der Waals surface area contributed by atoms with Crippen molar-refractivity contribution in [3.8, 4) is 5.88 Å². The lowest BCUT2D eigenvalue weighted by Crippen LogP contribution is -2.26. The second-order valence-electron chi connectivity index (χ2n) is 5.09. The highest BCUT2D eigenvalue weighted by Gasteiger charge is 2.24. The summed E-state index contributed by atoms with van der Waals surface area (Å²) in [5.74, 6) is 0.0209. The lowest BCUT2D eigenvalue weighted by molar-refractivity contribution is 0.275. The first-order valence-electron chi connectivity index (χ1n) is 7.27. The van der Waals surface area contributed by atoms with Crippen LogP contribution in [0.4, 0.5) is 5.82 Å². The van der Waals surface area contributed by atoms with Crippen molar-refractivity contribution in [1.82, 2.24) is 9.97 Å². The Kier molecular flexibility index (Phi) is 7.81. The fraction of sp³-hybridized carbons (Fsp3) is 0.286. The van der Waals surface area contributed by atoms with Crippen LogP contribution in [0.5, 0.6) is 5.88 Å².